The molecular formula is C7H9NaO3S. The van der Waals surface area contributed by atoms with Gasteiger partial charge in [-0.25, -0.2) is 0 Å². The molecule has 0 aliphatic carbocycles. The SMILES string of the molecule is O=S(=O)(O)c1ccccc1.[CH3][Na]. The van der Waals surface area contributed by atoms with E-state index in [1.54, 1.807) is 18.2 Å². The maximum atomic E-state index is 10.4. The average Bonchev–Trinajstić information content (AvgIpc) is 2.08. The molecule has 0 saturated carbocycles. The Morgan fingerprint density at radius 1 is 1.17 bits per heavy atom. The summed E-state index contributed by atoms with van der Waals surface area (Å²) < 4.78 is 31.4. The first-order valence-corrected chi connectivity index (χ1v) is 7.07. The first kappa shape index (κ1) is 12.1. The Morgan fingerprint density at radius 2 is 1.58 bits per heavy atom. The van der Waals surface area contributed by atoms with Crippen molar-refractivity contribution in [1.29, 1.82) is 0 Å². The molecule has 0 radical (unpaired) electrons. The van der Waals surface area contributed by atoms with Gasteiger partial charge in [0.15, 0.2) is 0 Å². The van der Waals surface area contributed by atoms with Crippen molar-refractivity contribution in [2.45, 2.75) is 9.07 Å². The third-order valence-electron chi connectivity index (χ3n) is 1.04. The molecule has 0 unspecified atom stereocenters. The van der Waals surface area contributed by atoms with Crippen LogP contribution in [-0.4, -0.2) is 40.9 Å². The van der Waals surface area contributed by atoms with Crippen LogP contribution in [0.3, 0.4) is 0 Å². The van der Waals surface area contributed by atoms with Crippen LogP contribution < -0.4 is 0 Å². The van der Waals surface area contributed by atoms with Crippen LogP contribution in [0, 0.1) is 0 Å². The van der Waals surface area contributed by atoms with Gasteiger partial charge in [0.2, 0.25) is 0 Å². The topological polar surface area (TPSA) is 54.4 Å². The van der Waals surface area contributed by atoms with Crippen molar-refractivity contribution in [3.05, 3.63) is 30.3 Å². The van der Waals surface area contributed by atoms with Gasteiger partial charge in [-0.05, 0) is 12.1 Å². The summed E-state index contributed by atoms with van der Waals surface area (Å²) in [6, 6.07) is 7.42. The van der Waals surface area contributed by atoms with Crippen LogP contribution in [0.15, 0.2) is 35.2 Å². The van der Waals surface area contributed by atoms with Crippen molar-refractivity contribution in [2.24, 2.45) is 0 Å². The van der Waals surface area contributed by atoms with Crippen molar-refractivity contribution < 1.29 is 13.0 Å². The third kappa shape index (κ3) is 4.23. The van der Waals surface area contributed by atoms with Crippen molar-refractivity contribution in [2.75, 3.05) is 0 Å². The number of benzene rings is 1. The molecule has 0 aromatic heterocycles. The summed E-state index contributed by atoms with van der Waals surface area (Å²) in [7, 11) is -4.00. The van der Waals surface area contributed by atoms with Gasteiger partial charge in [0.05, 0.1) is 4.90 Å². The standard InChI is InChI=1S/C6H6O3S.CH3.Na/c7-10(8,9)6-4-2-1-3-5-6;;/h1-5H,(H,7,8,9);1H3;. The predicted molar refractivity (Wildman–Crippen MR) is 47.9 cm³/mol. The van der Waals surface area contributed by atoms with E-state index in [0.29, 0.717) is 0 Å². The fourth-order valence-corrected chi connectivity index (χ4v) is 1.09. The Morgan fingerprint density at radius 3 is 1.83 bits per heavy atom. The van der Waals surface area contributed by atoms with Gasteiger partial charge < -0.3 is 0 Å². The normalized spacial score (nSPS) is 10.0. The molecule has 3 nitrogen and oxygen atoms in total. The zero-order valence-corrected chi connectivity index (χ0v) is 9.88. The van der Waals surface area contributed by atoms with Crippen LogP contribution in [-0.2, 0) is 10.1 Å². The van der Waals surface area contributed by atoms with Gasteiger partial charge in [-0.2, -0.15) is 8.42 Å². The number of rotatable bonds is 1. The van der Waals surface area contributed by atoms with E-state index in [2.05, 4.69) is 4.17 Å². The van der Waals surface area contributed by atoms with E-state index < -0.39 is 10.1 Å². The first-order valence-electron chi connectivity index (χ1n) is 3.63. The molecular weight excluding hydrogens is 187 g/mol. The van der Waals surface area contributed by atoms with Crippen LogP contribution >= 0.6 is 0 Å². The van der Waals surface area contributed by atoms with Crippen LogP contribution in [0.4, 0.5) is 0 Å². The Hall–Kier alpha value is 0.130. The van der Waals surface area contributed by atoms with Gasteiger partial charge in [0.25, 0.3) is 10.1 Å². The van der Waals surface area contributed by atoms with E-state index in [1.807, 2.05) is 0 Å². The average molecular weight is 196 g/mol. The zero-order chi connectivity index (χ0) is 9.61. The Labute approximate surface area is 90.0 Å². The molecule has 62 valence electrons. The molecule has 5 heteroatoms. The molecule has 0 heterocycles. The van der Waals surface area contributed by atoms with Gasteiger partial charge in [-0.1, -0.05) is 18.2 Å². The van der Waals surface area contributed by atoms with Gasteiger partial charge in [-0.15, -0.1) is 0 Å². The molecule has 12 heavy (non-hydrogen) atoms. The molecule has 1 aromatic carbocycles. The van der Waals surface area contributed by atoms with E-state index in [0.717, 1.165) is 0 Å². The zero-order valence-electron chi connectivity index (χ0n) is 7.06. The molecule has 0 amide bonds. The summed E-state index contributed by atoms with van der Waals surface area (Å²) in [6.45, 7) is 0. The second kappa shape index (κ2) is 5.72. The minimum absolute atomic E-state index is 0.0741. The van der Waals surface area contributed by atoms with Crippen LogP contribution in [0.2, 0.25) is 4.17 Å². The van der Waals surface area contributed by atoms with Gasteiger partial charge in [0, 0.05) is 0 Å². The Kier molecular flexibility index (Phi) is 5.78. The molecule has 0 aliphatic rings. The van der Waals surface area contributed by atoms with Gasteiger partial charge in [-0.3, -0.25) is 4.55 Å². The summed E-state index contributed by atoms with van der Waals surface area (Å²) in [4.78, 5) is -0.0741. The third-order valence-corrected chi connectivity index (χ3v) is 1.91. The summed E-state index contributed by atoms with van der Waals surface area (Å²) in [5, 5.41) is 0. The van der Waals surface area contributed by atoms with Crippen molar-refractivity contribution >= 4 is 38.0 Å². The van der Waals surface area contributed by atoms with Gasteiger partial charge >= 0.3 is 32.1 Å². The minimum atomic E-state index is -4.00. The molecule has 0 bridgehead atoms. The molecule has 0 saturated heterocycles. The monoisotopic (exact) mass is 196 g/mol. The molecule has 0 aliphatic heterocycles. The molecule has 0 spiro atoms. The van der Waals surface area contributed by atoms with E-state index in [9.17, 15) is 8.42 Å². The Balaban J connectivity index is 0.000000561. The maximum absolute atomic E-state index is 10.4. The Bertz CT molecular complexity index is 307. The molecule has 0 atom stereocenters. The fraction of sp³-hybridized carbons (Fsp3) is 0.143. The molecule has 1 aromatic rings. The van der Waals surface area contributed by atoms with Crippen molar-refractivity contribution in [1.82, 2.24) is 0 Å². The van der Waals surface area contributed by atoms with Crippen molar-refractivity contribution in [3.8, 4) is 0 Å². The van der Waals surface area contributed by atoms with Crippen LogP contribution in [0.25, 0.3) is 0 Å². The molecule has 1 N–H and O–H groups in total. The van der Waals surface area contributed by atoms with E-state index in [-0.39, 0.29) is 4.90 Å². The van der Waals surface area contributed by atoms with E-state index >= 15 is 0 Å². The number of hydrogen-bond acceptors (Lipinski definition) is 2. The predicted octanol–water partition coefficient (Wildman–Crippen LogP) is 1.14. The summed E-state index contributed by atoms with van der Waals surface area (Å²) in [5.41, 5.74) is 0. The molecule has 1 rings (SSSR count). The van der Waals surface area contributed by atoms with Crippen molar-refractivity contribution in [3.63, 3.8) is 0 Å². The molecule has 0 fully saturated rings. The second-order valence-electron chi connectivity index (χ2n) is 1.79. The van der Waals surface area contributed by atoms with Crippen LogP contribution in [0.5, 0.6) is 0 Å². The fourth-order valence-electron chi connectivity index (χ4n) is 0.592. The first-order chi connectivity index (χ1) is 5.61. The van der Waals surface area contributed by atoms with E-state index in [4.69, 9.17) is 4.55 Å². The number of hydrogen-bond donors (Lipinski definition) is 1. The van der Waals surface area contributed by atoms with E-state index in [1.165, 1.54) is 40.1 Å². The second-order valence-corrected chi connectivity index (χ2v) is 3.21. The quantitative estimate of drug-likeness (QED) is 0.541. The summed E-state index contributed by atoms with van der Waals surface area (Å²) in [6.07, 6.45) is 0. The summed E-state index contributed by atoms with van der Waals surface area (Å²) >= 11 is 1.31. The van der Waals surface area contributed by atoms with Crippen LogP contribution in [0.1, 0.15) is 0 Å². The summed E-state index contributed by atoms with van der Waals surface area (Å²) in [5.74, 6) is 0. The van der Waals surface area contributed by atoms with Gasteiger partial charge in [0.1, 0.15) is 0 Å².